The van der Waals surface area contributed by atoms with E-state index in [-0.39, 0.29) is 19.1 Å². The van der Waals surface area contributed by atoms with Crippen LogP contribution in [0.15, 0.2) is 42.5 Å². The molecule has 1 amide bonds. The van der Waals surface area contributed by atoms with Crippen molar-refractivity contribution < 1.29 is 14.6 Å². The molecule has 0 spiro atoms. The van der Waals surface area contributed by atoms with Crippen LogP contribution in [-0.2, 0) is 11.4 Å². The van der Waals surface area contributed by atoms with Crippen LogP contribution in [0.4, 0.5) is 5.69 Å². The summed E-state index contributed by atoms with van der Waals surface area (Å²) in [4.78, 5) is 11.8. The van der Waals surface area contributed by atoms with Crippen molar-refractivity contribution in [3.05, 3.63) is 59.2 Å². The van der Waals surface area contributed by atoms with Crippen molar-refractivity contribution in [1.82, 2.24) is 0 Å². The van der Waals surface area contributed by atoms with Crippen LogP contribution in [0.5, 0.6) is 5.75 Å². The van der Waals surface area contributed by atoms with Gasteiger partial charge in [-0.1, -0.05) is 18.2 Å². The number of hydrogen-bond donors (Lipinski definition) is 2. The molecule has 110 valence electrons. The molecule has 4 heteroatoms. The van der Waals surface area contributed by atoms with Gasteiger partial charge in [-0.05, 0) is 54.8 Å². The number of carbonyl (C=O) groups is 1. The van der Waals surface area contributed by atoms with E-state index in [1.807, 2.05) is 32.0 Å². The average Bonchev–Trinajstić information content (AvgIpc) is 2.48. The molecule has 2 N–H and O–H groups in total. The van der Waals surface area contributed by atoms with Gasteiger partial charge in [0, 0.05) is 5.69 Å². The van der Waals surface area contributed by atoms with Gasteiger partial charge in [0.2, 0.25) is 0 Å². The zero-order valence-electron chi connectivity index (χ0n) is 12.2. The van der Waals surface area contributed by atoms with Gasteiger partial charge in [-0.25, -0.2) is 0 Å². The first-order valence-corrected chi connectivity index (χ1v) is 6.78. The number of aryl methyl sites for hydroxylation is 2. The standard InChI is InChI=1S/C17H19NO3/c1-12-6-7-16(8-13(12)2)21-11-17(20)18-15-5-3-4-14(9-15)10-19/h3-9,19H,10-11H2,1-2H3,(H,18,20). The van der Waals surface area contributed by atoms with E-state index in [9.17, 15) is 4.79 Å². The summed E-state index contributed by atoms with van der Waals surface area (Å²) in [6.07, 6.45) is 0. The summed E-state index contributed by atoms with van der Waals surface area (Å²) < 4.78 is 5.47. The molecular formula is C17H19NO3. The Morgan fingerprint density at radius 2 is 1.95 bits per heavy atom. The second-order valence-corrected chi connectivity index (χ2v) is 4.94. The van der Waals surface area contributed by atoms with E-state index < -0.39 is 0 Å². The second kappa shape index (κ2) is 6.90. The van der Waals surface area contributed by atoms with E-state index in [2.05, 4.69) is 5.32 Å². The lowest BCUT2D eigenvalue weighted by Crippen LogP contribution is -2.20. The van der Waals surface area contributed by atoms with E-state index in [0.717, 1.165) is 11.1 Å². The van der Waals surface area contributed by atoms with E-state index in [0.29, 0.717) is 11.4 Å². The summed E-state index contributed by atoms with van der Waals surface area (Å²) in [5.74, 6) is 0.445. The Hall–Kier alpha value is -2.33. The largest absolute Gasteiger partial charge is 0.484 e. The Bertz CT molecular complexity index is 638. The molecule has 0 fully saturated rings. The van der Waals surface area contributed by atoms with Crippen molar-refractivity contribution in [2.75, 3.05) is 11.9 Å². The van der Waals surface area contributed by atoms with Crippen LogP contribution in [0.3, 0.4) is 0 Å². The summed E-state index contributed by atoms with van der Waals surface area (Å²) >= 11 is 0. The molecule has 2 aromatic rings. The first-order chi connectivity index (χ1) is 10.1. The number of carbonyl (C=O) groups excluding carboxylic acids is 1. The Kier molecular flexibility index (Phi) is 4.95. The third-order valence-electron chi connectivity index (χ3n) is 3.24. The molecule has 0 aliphatic rings. The number of rotatable bonds is 5. The molecular weight excluding hydrogens is 266 g/mol. The molecule has 0 unspecified atom stereocenters. The highest BCUT2D eigenvalue weighted by Crippen LogP contribution is 2.16. The number of anilines is 1. The highest BCUT2D eigenvalue weighted by atomic mass is 16.5. The molecule has 0 bridgehead atoms. The van der Waals surface area contributed by atoms with Gasteiger partial charge in [0.05, 0.1) is 6.61 Å². The molecule has 21 heavy (non-hydrogen) atoms. The van der Waals surface area contributed by atoms with Crippen LogP contribution in [0.25, 0.3) is 0 Å². The fraction of sp³-hybridized carbons (Fsp3) is 0.235. The molecule has 0 aromatic heterocycles. The van der Waals surface area contributed by atoms with Crippen LogP contribution in [0.1, 0.15) is 16.7 Å². The first-order valence-electron chi connectivity index (χ1n) is 6.78. The average molecular weight is 285 g/mol. The van der Waals surface area contributed by atoms with E-state index >= 15 is 0 Å². The smallest absolute Gasteiger partial charge is 0.262 e. The van der Waals surface area contributed by atoms with E-state index in [4.69, 9.17) is 9.84 Å². The summed E-state index contributed by atoms with van der Waals surface area (Å²) in [7, 11) is 0. The quantitative estimate of drug-likeness (QED) is 0.888. The van der Waals surface area contributed by atoms with Crippen LogP contribution in [0.2, 0.25) is 0 Å². The number of ether oxygens (including phenoxy) is 1. The Balaban J connectivity index is 1.90. The monoisotopic (exact) mass is 285 g/mol. The zero-order valence-corrected chi connectivity index (χ0v) is 12.2. The Morgan fingerprint density at radius 3 is 2.67 bits per heavy atom. The second-order valence-electron chi connectivity index (χ2n) is 4.94. The molecule has 0 aliphatic heterocycles. The molecule has 2 rings (SSSR count). The van der Waals surface area contributed by atoms with Gasteiger partial charge in [0.25, 0.3) is 5.91 Å². The number of aliphatic hydroxyl groups is 1. The number of aliphatic hydroxyl groups excluding tert-OH is 1. The van der Waals surface area contributed by atoms with Crippen LogP contribution in [0, 0.1) is 13.8 Å². The summed E-state index contributed by atoms with van der Waals surface area (Å²) in [5.41, 5.74) is 3.72. The SMILES string of the molecule is Cc1ccc(OCC(=O)Nc2cccc(CO)c2)cc1C. The lowest BCUT2D eigenvalue weighted by atomic mass is 10.1. The maximum absolute atomic E-state index is 11.8. The van der Waals surface area contributed by atoms with E-state index in [1.54, 1.807) is 24.3 Å². The minimum Gasteiger partial charge on any atom is -0.484 e. The van der Waals surface area contributed by atoms with E-state index in [1.165, 1.54) is 5.56 Å². The Labute approximate surface area is 124 Å². The van der Waals surface area contributed by atoms with Gasteiger partial charge < -0.3 is 15.2 Å². The van der Waals surface area contributed by atoms with Gasteiger partial charge in [0.1, 0.15) is 5.75 Å². The minimum absolute atomic E-state index is 0.0497. The molecule has 0 heterocycles. The lowest BCUT2D eigenvalue weighted by Gasteiger charge is -2.09. The van der Waals surface area contributed by atoms with Gasteiger partial charge >= 0.3 is 0 Å². The van der Waals surface area contributed by atoms with Gasteiger partial charge in [-0.15, -0.1) is 0 Å². The van der Waals surface area contributed by atoms with Crippen molar-refractivity contribution in [3.63, 3.8) is 0 Å². The summed E-state index contributed by atoms with van der Waals surface area (Å²) in [6, 6.07) is 12.8. The van der Waals surface area contributed by atoms with Crippen molar-refractivity contribution in [1.29, 1.82) is 0 Å². The summed E-state index contributed by atoms with van der Waals surface area (Å²) in [6.45, 7) is 3.93. The highest BCUT2D eigenvalue weighted by Gasteiger charge is 2.05. The highest BCUT2D eigenvalue weighted by molar-refractivity contribution is 5.91. The van der Waals surface area contributed by atoms with Gasteiger partial charge in [-0.2, -0.15) is 0 Å². The Morgan fingerprint density at radius 1 is 1.14 bits per heavy atom. The minimum atomic E-state index is -0.233. The van der Waals surface area contributed by atoms with Crippen LogP contribution >= 0.6 is 0 Å². The van der Waals surface area contributed by atoms with Crippen molar-refractivity contribution in [2.24, 2.45) is 0 Å². The van der Waals surface area contributed by atoms with Crippen molar-refractivity contribution >= 4 is 11.6 Å². The fourth-order valence-electron chi connectivity index (χ4n) is 1.90. The molecule has 0 atom stereocenters. The van der Waals surface area contributed by atoms with Crippen molar-refractivity contribution in [2.45, 2.75) is 20.5 Å². The molecule has 0 saturated carbocycles. The third kappa shape index (κ3) is 4.33. The first kappa shape index (κ1) is 15.1. The number of hydrogen-bond acceptors (Lipinski definition) is 3. The van der Waals surface area contributed by atoms with Gasteiger partial charge in [0.15, 0.2) is 6.61 Å². The number of benzene rings is 2. The number of nitrogens with one attached hydrogen (secondary N) is 1. The maximum atomic E-state index is 11.8. The fourth-order valence-corrected chi connectivity index (χ4v) is 1.90. The normalized spacial score (nSPS) is 10.2. The zero-order chi connectivity index (χ0) is 15.2. The molecule has 2 aromatic carbocycles. The molecule has 4 nitrogen and oxygen atoms in total. The predicted octanol–water partition coefficient (Wildman–Crippen LogP) is 2.81. The third-order valence-corrected chi connectivity index (χ3v) is 3.24. The van der Waals surface area contributed by atoms with Gasteiger partial charge in [-0.3, -0.25) is 4.79 Å². The molecule has 0 saturated heterocycles. The molecule has 0 aliphatic carbocycles. The lowest BCUT2D eigenvalue weighted by molar-refractivity contribution is -0.118. The predicted molar refractivity (Wildman–Crippen MR) is 82.4 cm³/mol. The summed E-state index contributed by atoms with van der Waals surface area (Å²) in [5, 5.41) is 11.8. The maximum Gasteiger partial charge on any atom is 0.262 e. The molecule has 0 radical (unpaired) electrons. The topological polar surface area (TPSA) is 58.6 Å². The van der Waals surface area contributed by atoms with Crippen LogP contribution in [-0.4, -0.2) is 17.6 Å². The van der Waals surface area contributed by atoms with Crippen LogP contribution < -0.4 is 10.1 Å². The number of amides is 1. The van der Waals surface area contributed by atoms with Crippen molar-refractivity contribution in [3.8, 4) is 5.75 Å².